The normalized spacial score (nSPS) is 20.7. The van der Waals surface area contributed by atoms with Gasteiger partial charge >= 0.3 is 11.9 Å². The highest BCUT2D eigenvalue weighted by Crippen LogP contribution is 2.23. The summed E-state index contributed by atoms with van der Waals surface area (Å²) in [5.74, 6) is -0.821. The van der Waals surface area contributed by atoms with Crippen molar-refractivity contribution in [1.82, 2.24) is 0 Å². The van der Waals surface area contributed by atoms with E-state index in [1.54, 1.807) is 0 Å². The second-order valence-corrected chi connectivity index (χ2v) is 15.5. The van der Waals surface area contributed by atoms with Gasteiger partial charge in [-0.05, 0) is 44.9 Å². The van der Waals surface area contributed by atoms with Gasteiger partial charge in [0.05, 0.1) is 13.2 Å². The molecule has 10 nitrogen and oxygen atoms in total. The predicted octanol–water partition coefficient (Wildman–Crippen LogP) is 9.50. The number of aliphatic hydroxyl groups is 4. The van der Waals surface area contributed by atoms with Crippen molar-refractivity contribution in [3.05, 3.63) is 36.5 Å². The number of esters is 2. The molecule has 0 aromatic heterocycles. The first kappa shape index (κ1) is 51.9. The lowest BCUT2D eigenvalue weighted by Gasteiger charge is -2.39. The maximum absolute atomic E-state index is 12.8. The third kappa shape index (κ3) is 28.3. The molecule has 10 heteroatoms. The van der Waals surface area contributed by atoms with Gasteiger partial charge in [0, 0.05) is 12.8 Å². The van der Waals surface area contributed by atoms with Crippen molar-refractivity contribution >= 4 is 11.9 Å². The van der Waals surface area contributed by atoms with Gasteiger partial charge in [0.25, 0.3) is 0 Å². The lowest BCUT2D eigenvalue weighted by atomic mass is 9.99. The molecule has 326 valence electrons. The number of unbranched alkanes of at least 4 members (excludes halogenated alkanes) is 20. The molecule has 0 bridgehead atoms. The third-order valence-corrected chi connectivity index (χ3v) is 10.3. The Hall–Kier alpha value is -2.08. The molecule has 1 aliphatic heterocycles. The molecular formula is C46H82O10. The van der Waals surface area contributed by atoms with Gasteiger partial charge in [0.1, 0.15) is 31.0 Å². The van der Waals surface area contributed by atoms with Crippen LogP contribution in [0.1, 0.15) is 187 Å². The van der Waals surface area contributed by atoms with Crippen LogP contribution in [-0.4, -0.2) is 89.0 Å². The van der Waals surface area contributed by atoms with E-state index in [0.29, 0.717) is 6.42 Å². The zero-order chi connectivity index (χ0) is 40.9. The molecule has 6 unspecified atom stereocenters. The SMILES string of the molecule is CC/C=C\C/C=C\C/C=C\CCCCCCCC(=O)OC(COC(=O)CCCCCCCCCCCCCCCCCC)COC1OC(CO)C(O)C(O)C1O. The van der Waals surface area contributed by atoms with E-state index in [-0.39, 0.29) is 32.0 Å². The molecule has 0 saturated carbocycles. The summed E-state index contributed by atoms with van der Waals surface area (Å²) in [6, 6.07) is 0. The van der Waals surface area contributed by atoms with Crippen molar-refractivity contribution in [2.75, 3.05) is 19.8 Å². The predicted molar refractivity (Wildman–Crippen MR) is 224 cm³/mol. The van der Waals surface area contributed by atoms with Crippen molar-refractivity contribution in [1.29, 1.82) is 0 Å². The minimum absolute atomic E-state index is 0.212. The van der Waals surface area contributed by atoms with Gasteiger partial charge in [-0.1, -0.05) is 166 Å². The summed E-state index contributed by atoms with van der Waals surface area (Å²) in [5, 5.41) is 40.1. The maximum atomic E-state index is 12.8. The zero-order valence-corrected chi connectivity index (χ0v) is 35.4. The molecule has 0 spiro atoms. The Morgan fingerprint density at radius 3 is 1.59 bits per heavy atom. The van der Waals surface area contributed by atoms with Crippen LogP contribution in [0.4, 0.5) is 0 Å². The fourth-order valence-corrected chi connectivity index (χ4v) is 6.73. The molecule has 0 aromatic rings. The minimum Gasteiger partial charge on any atom is -0.462 e. The van der Waals surface area contributed by atoms with Gasteiger partial charge in [-0.2, -0.15) is 0 Å². The van der Waals surface area contributed by atoms with Crippen molar-refractivity contribution in [2.45, 2.75) is 224 Å². The number of aliphatic hydroxyl groups excluding tert-OH is 4. The van der Waals surface area contributed by atoms with Crippen LogP contribution in [0.15, 0.2) is 36.5 Å². The number of allylic oxidation sites excluding steroid dienone is 6. The fraction of sp³-hybridized carbons (Fsp3) is 0.826. The van der Waals surface area contributed by atoms with Crippen LogP contribution < -0.4 is 0 Å². The van der Waals surface area contributed by atoms with Crippen LogP contribution in [0.3, 0.4) is 0 Å². The Morgan fingerprint density at radius 1 is 0.571 bits per heavy atom. The Balaban J connectivity index is 2.33. The van der Waals surface area contributed by atoms with Gasteiger partial charge in [-0.15, -0.1) is 0 Å². The lowest BCUT2D eigenvalue weighted by molar-refractivity contribution is -0.305. The van der Waals surface area contributed by atoms with Crippen molar-refractivity contribution in [2.24, 2.45) is 0 Å². The summed E-state index contributed by atoms with van der Waals surface area (Å²) in [6.45, 7) is 3.30. The van der Waals surface area contributed by atoms with Crippen molar-refractivity contribution < 1.29 is 49.0 Å². The smallest absolute Gasteiger partial charge is 0.306 e. The Kier molecular flexibility index (Phi) is 34.5. The molecular weight excluding hydrogens is 712 g/mol. The Morgan fingerprint density at radius 2 is 1.05 bits per heavy atom. The highest BCUT2D eigenvalue weighted by Gasteiger charge is 2.44. The van der Waals surface area contributed by atoms with Gasteiger partial charge in [-0.25, -0.2) is 0 Å². The summed E-state index contributed by atoms with van der Waals surface area (Å²) < 4.78 is 22.1. The number of hydrogen-bond acceptors (Lipinski definition) is 10. The molecule has 4 N–H and O–H groups in total. The Bertz CT molecular complexity index is 1010. The molecule has 1 aliphatic rings. The summed E-state index contributed by atoms with van der Waals surface area (Å²) in [6.07, 6.45) is 34.3. The summed E-state index contributed by atoms with van der Waals surface area (Å²) in [4.78, 5) is 25.3. The quantitative estimate of drug-likeness (QED) is 0.0272. The monoisotopic (exact) mass is 795 g/mol. The Labute approximate surface area is 340 Å². The second kappa shape index (κ2) is 37.2. The minimum atomic E-state index is -1.60. The molecule has 1 rings (SSSR count). The summed E-state index contributed by atoms with van der Waals surface area (Å²) >= 11 is 0. The first-order chi connectivity index (χ1) is 27.3. The first-order valence-corrected chi connectivity index (χ1v) is 22.6. The molecule has 0 aliphatic carbocycles. The largest absolute Gasteiger partial charge is 0.462 e. The molecule has 6 atom stereocenters. The van der Waals surface area contributed by atoms with E-state index in [1.807, 2.05) is 0 Å². The average molecular weight is 795 g/mol. The van der Waals surface area contributed by atoms with E-state index in [2.05, 4.69) is 50.3 Å². The maximum Gasteiger partial charge on any atom is 0.306 e. The molecule has 1 fully saturated rings. The molecule has 0 amide bonds. The van der Waals surface area contributed by atoms with Crippen LogP contribution in [0, 0.1) is 0 Å². The van der Waals surface area contributed by atoms with E-state index < -0.39 is 49.4 Å². The van der Waals surface area contributed by atoms with Crippen LogP contribution in [0.2, 0.25) is 0 Å². The zero-order valence-electron chi connectivity index (χ0n) is 35.4. The number of carbonyl (C=O) groups is 2. The highest BCUT2D eigenvalue weighted by molar-refractivity contribution is 5.70. The van der Waals surface area contributed by atoms with E-state index >= 15 is 0 Å². The molecule has 0 radical (unpaired) electrons. The standard InChI is InChI=1S/C46H82O10/c1-3-5-7-9-11-13-15-17-19-21-22-24-26-28-30-32-34-41(48)53-37-39(38-54-46-45(52)44(51)43(50)40(36-47)56-46)55-42(49)35-33-31-29-27-25-23-20-18-16-14-12-10-8-6-4-2/h6,8,12,14,18,20,39-40,43-47,50-52H,3-5,7,9-11,13,15-17,19,21-38H2,1-2H3/b8-6-,14-12-,20-18-. The van der Waals surface area contributed by atoms with Crippen LogP contribution in [-0.2, 0) is 28.5 Å². The van der Waals surface area contributed by atoms with Gasteiger partial charge in [0.2, 0.25) is 0 Å². The van der Waals surface area contributed by atoms with Gasteiger partial charge in [-0.3, -0.25) is 9.59 Å². The number of ether oxygens (including phenoxy) is 4. The van der Waals surface area contributed by atoms with Crippen LogP contribution in [0.25, 0.3) is 0 Å². The third-order valence-electron chi connectivity index (χ3n) is 10.3. The average Bonchev–Trinajstić information content (AvgIpc) is 3.19. The molecule has 1 saturated heterocycles. The molecule has 1 heterocycles. The first-order valence-electron chi connectivity index (χ1n) is 22.6. The molecule has 56 heavy (non-hydrogen) atoms. The topological polar surface area (TPSA) is 152 Å². The van der Waals surface area contributed by atoms with Crippen LogP contribution >= 0.6 is 0 Å². The summed E-state index contributed by atoms with van der Waals surface area (Å²) in [7, 11) is 0. The number of carbonyl (C=O) groups excluding carboxylic acids is 2. The van der Waals surface area contributed by atoms with E-state index in [9.17, 15) is 30.0 Å². The second-order valence-electron chi connectivity index (χ2n) is 15.5. The number of hydrogen-bond donors (Lipinski definition) is 4. The fourth-order valence-electron chi connectivity index (χ4n) is 6.73. The van der Waals surface area contributed by atoms with Crippen LogP contribution in [0.5, 0.6) is 0 Å². The van der Waals surface area contributed by atoms with E-state index in [4.69, 9.17) is 18.9 Å². The van der Waals surface area contributed by atoms with Crippen molar-refractivity contribution in [3.8, 4) is 0 Å². The number of rotatable bonds is 37. The highest BCUT2D eigenvalue weighted by atomic mass is 16.7. The van der Waals surface area contributed by atoms with E-state index in [0.717, 1.165) is 70.6 Å². The lowest BCUT2D eigenvalue weighted by Crippen LogP contribution is -2.59. The van der Waals surface area contributed by atoms with E-state index in [1.165, 1.54) is 83.5 Å². The molecule has 0 aromatic carbocycles. The van der Waals surface area contributed by atoms with Crippen molar-refractivity contribution in [3.63, 3.8) is 0 Å². The van der Waals surface area contributed by atoms with Gasteiger partial charge in [0.15, 0.2) is 12.4 Å². The van der Waals surface area contributed by atoms with Gasteiger partial charge < -0.3 is 39.4 Å². The summed E-state index contributed by atoms with van der Waals surface area (Å²) in [5.41, 5.74) is 0.